The minimum atomic E-state index is -0.0495. The highest BCUT2D eigenvalue weighted by molar-refractivity contribution is 9.10. The molecule has 2 heterocycles. The molecule has 104 valence electrons. The first-order valence-electron chi connectivity index (χ1n) is 6.95. The van der Waals surface area contributed by atoms with E-state index in [4.69, 9.17) is 9.47 Å². The van der Waals surface area contributed by atoms with Gasteiger partial charge in [0.2, 0.25) is 0 Å². The summed E-state index contributed by atoms with van der Waals surface area (Å²) in [6.07, 6.45) is 3.31. The molecule has 0 aromatic heterocycles. The Morgan fingerprint density at radius 3 is 3.16 bits per heavy atom. The van der Waals surface area contributed by atoms with Crippen molar-refractivity contribution in [2.24, 2.45) is 0 Å². The SMILES string of the molecule is CC1(OCc2cc(Br)cc3c2OCC3)CCCNC1. The number of fused-ring (bicyclic) bond motifs is 1. The smallest absolute Gasteiger partial charge is 0.128 e. The highest BCUT2D eigenvalue weighted by Gasteiger charge is 2.28. The Hall–Kier alpha value is -0.580. The molecule has 1 aromatic rings. The summed E-state index contributed by atoms with van der Waals surface area (Å²) in [5, 5.41) is 3.41. The van der Waals surface area contributed by atoms with Crippen molar-refractivity contribution in [3.63, 3.8) is 0 Å². The Morgan fingerprint density at radius 1 is 1.47 bits per heavy atom. The molecule has 19 heavy (non-hydrogen) atoms. The van der Waals surface area contributed by atoms with E-state index in [0.717, 1.165) is 48.3 Å². The van der Waals surface area contributed by atoms with Crippen LogP contribution in [0.1, 0.15) is 30.9 Å². The van der Waals surface area contributed by atoms with Gasteiger partial charge in [-0.2, -0.15) is 0 Å². The molecule has 0 radical (unpaired) electrons. The lowest BCUT2D eigenvalue weighted by Crippen LogP contribution is -2.45. The third-order valence-corrected chi connectivity index (χ3v) is 4.42. The molecule has 1 fully saturated rings. The zero-order valence-corrected chi connectivity index (χ0v) is 12.9. The number of halogens is 1. The van der Waals surface area contributed by atoms with Crippen LogP contribution in [0.15, 0.2) is 16.6 Å². The normalized spacial score (nSPS) is 26.0. The van der Waals surface area contributed by atoms with Crippen LogP contribution in [-0.4, -0.2) is 25.3 Å². The number of hydrogen-bond donors (Lipinski definition) is 1. The van der Waals surface area contributed by atoms with Gasteiger partial charge in [-0.05, 0) is 44.0 Å². The average molecular weight is 326 g/mol. The summed E-state index contributed by atoms with van der Waals surface area (Å²) in [5.41, 5.74) is 2.40. The first kappa shape index (κ1) is 13.4. The van der Waals surface area contributed by atoms with E-state index in [2.05, 4.69) is 40.3 Å². The monoisotopic (exact) mass is 325 g/mol. The fourth-order valence-electron chi connectivity index (χ4n) is 2.86. The van der Waals surface area contributed by atoms with Crippen LogP contribution in [0.3, 0.4) is 0 Å². The lowest BCUT2D eigenvalue weighted by molar-refractivity contribution is -0.0576. The molecule has 0 saturated carbocycles. The topological polar surface area (TPSA) is 30.5 Å². The lowest BCUT2D eigenvalue weighted by Gasteiger charge is -2.34. The van der Waals surface area contributed by atoms with Gasteiger partial charge in [-0.15, -0.1) is 0 Å². The molecule has 2 aliphatic heterocycles. The van der Waals surface area contributed by atoms with Crippen LogP contribution in [0.2, 0.25) is 0 Å². The van der Waals surface area contributed by atoms with E-state index in [0.29, 0.717) is 6.61 Å². The number of hydrogen-bond acceptors (Lipinski definition) is 3. The van der Waals surface area contributed by atoms with Gasteiger partial charge < -0.3 is 14.8 Å². The van der Waals surface area contributed by atoms with Crippen LogP contribution < -0.4 is 10.1 Å². The van der Waals surface area contributed by atoms with Crippen molar-refractivity contribution in [3.8, 4) is 5.75 Å². The Bertz CT molecular complexity index is 469. The van der Waals surface area contributed by atoms with Crippen molar-refractivity contribution in [1.29, 1.82) is 0 Å². The van der Waals surface area contributed by atoms with Crippen molar-refractivity contribution in [1.82, 2.24) is 5.32 Å². The third kappa shape index (κ3) is 2.96. The van der Waals surface area contributed by atoms with Crippen molar-refractivity contribution in [2.45, 2.75) is 38.4 Å². The van der Waals surface area contributed by atoms with Crippen molar-refractivity contribution >= 4 is 15.9 Å². The second kappa shape index (κ2) is 5.43. The van der Waals surface area contributed by atoms with Crippen LogP contribution >= 0.6 is 15.9 Å². The maximum atomic E-state index is 6.17. The zero-order chi connectivity index (χ0) is 13.3. The van der Waals surface area contributed by atoms with E-state index in [-0.39, 0.29) is 5.60 Å². The fraction of sp³-hybridized carbons (Fsp3) is 0.600. The predicted molar refractivity (Wildman–Crippen MR) is 78.6 cm³/mol. The lowest BCUT2D eigenvalue weighted by atomic mass is 9.96. The third-order valence-electron chi connectivity index (χ3n) is 3.96. The zero-order valence-electron chi connectivity index (χ0n) is 11.3. The summed E-state index contributed by atoms with van der Waals surface area (Å²) in [6.45, 7) is 5.65. The first-order valence-corrected chi connectivity index (χ1v) is 7.74. The first-order chi connectivity index (χ1) is 9.16. The van der Waals surface area contributed by atoms with Crippen LogP contribution in [0.4, 0.5) is 0 Å². The molecule has 1 atom stereocenters. The molecule has 4 heteroatoms. The maximum absolute atomic E-state index is 6.17. The summed E-state index contributed by atoms with van der Waals surface area (Å²) < 4.78 is 13.0. The molecule has 1 unspecified atom stereocenters. The standard InChI is InChI=1S/C15H20BrNO2/c1-15(4-2-5-17-10-15)19-9-12-8-13(16)7-11-3-6-18-14(11)12/h7-8,17H,2-6,9-10H2,1H3. The molecule has 3 rings (SSSR count). The number of rotatable bonds is 3. The van der Waals surface area contributed by atoms with Crippen LogP contribution in [0, 0.1) is 0 Å². The number of piperidine rings is 1. The largest absolute Gasteiger partial charge is 0.493 e. The highest BCUT2D eigenvalue weighted by Crippen LogP contribution is 2.34. The van der Waals surface area contributed by atoms with E-state index < -0.39 is 0 Å². The molecule has 0 amide bonds. The summed E-state index contributed by atoms with van der Waals surface area (Å²) in [6, 6.07) is 4.26. The van der Waals surface area contributed by atoms with Gasteiger partial charge in [-0.25, -0.2) is 0 Å². The molecule has 0 aliphatic carbocycles. The fourth-order valence-corrected chi connectivity index (χ4v) is 3.41. The van der Waals surface area contributed by atoms with E-state index in [9.17, 15) is 0 Å². The van der Waals surface area contributed by atoms with Gasteiger partial charge in [0, 0.05) is 23.0 Å². The van der Waals surface area contributed by atoms with Crippen LogP contribution in [0.5, 0.6) is 5.75 Å². The number of ether oxygens (including phenoxy) is 2. The van der Waals surface area contributed by atoms with Gasteiger partial charge >= 0.3 is 0 Å². The van der Waals surface area contributed by atoms with Crippen LogP contribution in [0.25, 0.3) is 0 Å². The maximum Gasteiger partial charge on any atom is 0.128 e. The molecule has 2 aliphatic rings. The van der Waals surface area contributed by atoms with E-state index in [1.54, 1.807) is 0 Å². The van der Waals surface area contributed by atoms with E-state index in [1.165, 1.54) is 12.0 Å². The molecule has 1 aromatic carbocycles. The number of benzene rings is 1. The van der Waals surface area contributed by atoms with Gasteiger partial charge in [0.1, 0.15) is 5.75 Å². The minimum Gasteiger partial charge on any atom is -0.493 e. The van der Waals surface area contributed by atoms with Gasteiger partial charge in [-0.1, -0.05) is 15.9 Å². The molecule has 0 spiro atoms. The molecule has 0 bridgehead atoms. The second-order valence-corrected chi connectivity index (χ2v) is 6.59. The van der Waals surface area contributed by atoms with E-state index in [1.807, 2.05) is 0 Å². The van der Waals surface area contributed by atoms with Crippen molar-refractivity contribution < 1.29 is 9.47 Å². The molecular weight excluding hydrogens is 306 g/mol. The average Bonchev–Trinajstić information content (AvgIpc) is 2.85. The quantitative estimate of drug-likeness (QED) is 0.926. The molecule has 1 saturated heterocycles. The Labute approximate surface area is 122 Å². The summed E-state index contributed by atoms with van der Waals surface area (Å²) >= 11 is 3.57. The van der Waals surface area contributed by atoms with E-state index >= 15 is 0 Å². The second-order valence-electron chi connectivity index (χ2n) is 5.67. The predicted octanol–water partition coefficient (Wildman–Crippen LogP) is 3.04. The Kier molecular flexibility index (Phi) is 3.83. The minimum absolute atomic E-state index is 0.0495. The Balaban J connectivity index is 1.73. The molecule has 3 nitrogen and oxygen atoms in total. The Morgan fingerprint density at radius 2 is 2.37 bits per heavy atom. The molecule has 1 N–H and O–H groups in total. The van der Waals surface area contributed by atoms with Crippen molar-refractivity contribution in [2.75, 3.05) is 19.7 Å². The number of nitrogens with one attached hydrogen (secondary N) is 1. The summed E-state index contributed by atoms with van der Waals surface area (Å²) in [5.74, 6) is 1.04. The van der Waals surface area contributed by atoms with Crippen molar-refractivity contribution in [3.05, 3.63) is 27.7 Å². The van der Waals surface area contributed by atoms with Gasteiger partial charge in [0.05, 0.1) is 18.8 Å². The van der Waals surface area contributed by atoms with Gasteiger partial charge in [-0.3, -0.25) is 0 Å². The summed E-state index contributed by atoms with van der Waals surface area (Å²) in [4.78, 5) is 0. The highest BCUT2D eigenvalue weighted by atomic mass is 79.9. The van der Waals surface area contributed by atoms with Gasteiger partial charge in [0.25, 0.3) is 0 Å². The molecular formula is C15H20BrNO2. The van der Waals surface area contributed by atoms with Crippen LogP contribution in [-0.2, 0) is 17.8 Å². The van der Waals surface area contributed by atoms with Gasteiger partial charge in [0.15, 0.2) is 0 Å². The summed E-state index contributed by atoms with van der Waals surface area (Å²) in [7, 11) is 0.